The highest BCUT2D eigenvalue weighted by molar-refractivity contribution is 6.30. The topological polar surface area (TPSA) is 66.8 Å². The smallest absolute Gasteiger partial charge is 0.339 e. The summed E-state index contributed by atoms with van der Waals surface area (Å²) in [7, 11) is 0. The first-order chi connectivity index (χ1) is 7.34. The molecule has 0 heterocycles. The number of benzene rings is 1. The van der Waals surface area contributed by atoms with Crippen molar-refractivity contribution in [3.63, 3.8) is 0 Å². The number of halogens is 2. The minimum atomic E-state index is -2.07. The molecule has 88 valence electrons. The summed E-state index contributed by atoms with van der Waals surface area (Å²) in [5.74, 6) is -2.44. The summed E-state index contributed by atoms with van der Waals surface area (Å²) in [6.07, 6.45) is 0. The Kier molecular flexibility index (Phi) is 3.72. The number of aliphatic hydroxyl groups is 1. The van der Waals surface area contributed by atoms with Crippen LogP contribution in [0.3, 0.4) is 0 Å². The molecule has 0 fully saturated rings. The lowest BCUT2D eigenvalue weighted by Gasteiger charge is -2.18. The van der Waals surface area contributed by atoms with Gasteiger partial charge in [-0.3, -0.25) is 0 Å². The molecular formula is C10H10ClFO4. The zero-order valence-corrected chi connectivity index (χ0v) is 9.16. The van der Waals surface area contributed by atoms with Gasteiger partial charge in [0, 0.05) is 0 Å². The van der Waals surface area contributed by atoms with Gasteiger partial charge in [0.15, 0.2) is 17.2 Å². The Bertz CT molecular complexity index is 406. The third kappa shape index (κ3) is 2.84. The van der Waals surface area contributed by atoms with Crippen molar-refractivity contribution in [3.05, 3.63) is 29.0 Å². The van der Waals surface area contributed by atoms with Crippen LogP contribution in [0.4, 0.5) is 4.39 Å². The zero-order chi connectivity index (χ0) is 12.3. The van der Waals surface area contributed by atoms with E-state index >= 15 is 0 Å². The third-order valence-corrected chi connectivity index (χ3v) is 2.18. The van der Waals surface area contributed by atoms with Crippen molar-refractivity contribution in [1.29, 1.82) is 0 Å². The normalized spacial score (nSPS) is 14.2. The van der Waals surface area contributed by atoms with Crippen LogP contribution >= 0.6 is 11.6 Å². The van der Waals surface area contributed by atoms with E-state index in [1.807, 2.05) is 0 Å². The Morgan fingerprint density at radius 2 is 2.25 bits per heavy atom. The van der Waals surface area contributed by atoms with E-state index in [-0.39, 0.29) is 10.8 Å². The second kappa shape index (κ2) is 4.67. The molecule has 0 aliphatic carbocycles. The van der Waals surface area contributed by atoms with Gasteiger partial charge in [-0.1, -0.05) is 17.7 Å². The number of hydrogen-bond acceptors (Lipinski definition) is 3. The van der Waals surface area contributed by atoms with Crippen molar-refractivity contribution in [1.82, 2.24) is 0 Å². The molecule has 0 aliphatic rings. The third-order valence-electron chi connectivity index (χ3n) is 1.89. The highest BCUT2D eigenvalue weighted by Crippen LogP contribution is 2.24. The molecule has 0 amide bonds. The van der Waals surface area contributed by atoms with E-state index in [1.54, 1.807) is 0 Å². The highest BCUT2D eigenvalue weighted by Gasteiger charge is 2.31. The second-order valence-electron chi connectivity index (χ2n) is 3.42. The maximum atomic E-state index is 13.3. The summed E-state index contributed by atoms with van der Waals surface area (Å²) in [4.78, 5) is 10.5. The molecule has 1 unspecified atom stereocenters. The molecule has 0 bridgehead atoms. The van der Waals surface area contributed by atoms with E-state index in [0.717, 1.165) is 6.92 Å². The second-order valence-corrected chi connectivity index (χ2v) is 3.83. The molecule has 1 aromatic carbocycles. The SMILES string of the molecule is CC(O)(COc1cccc(Cl)c1F)C(=O)O. The van der Waals surface area contributed by atoms with Crippen molar-refractivity contribution < 1.29 is 24.1 Å². The maximum Gasteiger partial charge on any atom is 0.339 e. The van der Waals surface area contributed by atoms with Gasteiger partial charge in [0.1, 0.15) is 6.61 Å². The van der Waals surface area contributed by atoms with E-state index in [0.29, 0.717) is 0 Å². The van der Waals surface area contributed by atoms with Gasteiger partial charge in [-0.15, -0.1) is 0 Å². The predicted octanol–water partition coefficient (Wildman–Crippen LogP) is 1.69. The quantitative estimate of drug-likeness (QED) is 0.851. The van der Waals surface area contributed by atoms with Crippen LogP contribution < -0.4 is 4.74 Å². The fourth-order valence-electron chi connectivity index (χ4n) is 0.876. The standard InChI is InChI=1S/C10H10ClFO4/c1-10(15,9(13)14)5-16-7-4-2-3-6(11)8(7)12/h2-4,15H,5H2,1H3,(H,13,14). The molecule has 1 aromatic rings. The van der Waals surface area contributed by atoms with Crippen molar-refractivity contribution >= 4 is 17.6 Å². The number of carbonyl (C=O) groups is 1. The Balaban J connectivity index is 2.76. The van der Waals surface area contributed by atoms with E-state index < -0.39 is 24.0 Å². The fraction of sp³-hybridized carbons (Fsp3) is 0.300. The number of carboxylic acid groups (broad SMARTS) is 1. The number of aliphatic carboxylic acids is 1. The summed E-state index contributed by atoms with van der Waals surface area (Å²) in [5.41, 5.74) is -2.07. The van der Waals surface area contributed by atoms with E-state index in [1.165, 1.54) is 18.2 Å². The van der Waals surface area contributed by atoms with Crippen molar-refractivity contribution in [3.8, 4) is 5.75 Å². The van der Waals surface area contributed by atoms with Crippen LogP contribution in [0.15, 0.2) is 18.2 Å². The molecule has 4 nitrogen and oxygen atoms in total. The molecule has 6 heteroatoms. The van der Waals surface area contributed by atoms with Crippen molar-refractivity contribution in [2.75, 3.05) is 6.61 Å². The largest absolute Gasteiger partial charge is 0.487 e. The van der Waals surface area contributed by atoms with Crippen LogP contribution in [-0.2, 0) is 4.79 Å². The highest BCUT2D eigenvalue weighted by atomic mass is 35.5. The van der Waals surface area contributed by atoms with Gasteiger partial charge in [-0.05, 0) is 19.1 Å². The lowest BCUT2D eigenvalue weighted by atomic mass is 10.1. The molecule has 0 saturated heterocycles. The molecule has 0 aromatic heterocycles. The lowest BCUT2D eigenvalue weighted by molar-refractivity contribution is -0.159. The van der Waals surface area contributed by atoms with Crippen LogP contribution in [0.25, 0.3) is 0 Å². The Morgan fingerprint density at radius 3 is 2.81 bits per heavy atom. The zero-order valence-electron chi connectivity index (χ0n) is 8.41. The average Bonchev–Trinajstić information content (AvgIpc) is 2.20. The number of rotatable bonds is 4. The van der Waals surface area contributed by atoms with E-state index in [4.69, 9.17) is 21.4 Å². The minimum Gasteiger partial charge on any atom is -0.487 e. The summed E-state index contributed by atoms with van der Waals surface area (Å²) in [5, 5.41) is 17.8. The first kappa shape index (κ1) is 12.7. The van der Waals surface area contributed by atoms with E-state index in [9.17, 15) is 14.3 Å². The first-order valence-corrected chi connectivity index (χ1v) is 4.75. The first-order valence-electron chi connectivity index (χ1n) is 4.37. The molecule has 1 atom stereocenters. The van der Waals surface area contributed by atoms with Gasteiger partial charge in [-0.2, -0.15) is 0 Å². The molecule has 0 saturated carbocycles. The summed E-state index contributed by atoms with van der Waals surface area (Å²) >= 11 is 5.49. The summed E-state index contributed by atoms with van der Waals surface area (Å²) in [6.45, 7) is 0.484. The van der Waals surface area contributed by atoms with Crippen LogP contribution in [-0.4, -0.2) is 28.4 Å². The molecular weight excluding hydrogens is 239 g/mol. The maximum absolute atomic E-state index is 13.3. The molecule has 1 rings (SSSR count). The monoisotopic (exact) mass is 248 g/mol. The Hall–Kier alpha value is -1.33. The average molecular weight is 249 g/mol. The summed E-state index contributed by atoms with van der Waals surface area (Å²) < 4.78 is 18.1. The molecule has 16 heavy (non-hydrogen) atoms. The van der Waals surface area contributed by atoms with Gasteiger partial charge in [0.2, 0.25) is 0 Å². The Labute approximate surface area is 96.2 Å². The molecule has 0 spiro atoms. The van der Waals surface area contributed by atoms with Gasteiger partial charge < -0.3 is 14.9 Å². The van der Waals surface area contributed by atoms with Crippen LogP contribution in [0.1, 0.15) is 6.92 Å². The Morgan fingerprint density at radius 1 is 1.62 bits per heavy atom. The molecule has 2 N–H and O–H groups in total. The van der Waals surface area contributed by atoms with Gasteiger partial charge in [0.25, 0.3) is 0 Å². The minimum absolute atomic E-state index is 0.132. The van der Waals surface area contributed by atoms with E-state index in [2.05, 4.69) is 0 Å². The van der Waals surface area contributed by atoms with Crippen molar-refractivity contribution in [2.45, 2.75) is 12.5 Å². The number of hydrogen-bond donors (Lipinski definition) is 2. The van der Waals surface area contributed by atoms with Crippen LogP contribution in [0.5, 0.6) is 5.75 Å². The van der Waals surface area contributed by atoms with Crippen LogP contribution in [0, 0.1) is 5.82 Å². The molecule has 0 aliphatic heterocycles. The van der Waals surface area contributed by atoms with Gasteiger partial charge in [0.05, 0.1) is 5.02 Å². The lowest BCUT2D eigenvalue weighted by Crippen LogP contribution is -2.41. The van der Waals surface area contributed by atoms with Crippen molar-refractivity contribution in [2.24, 2.45) is 0 Å². The number of ether oxygens (including phenoxy) is 1. The predicted molar refractivity (Wildman–Crippen MR) is 55.2 cm³/mol. The van der Waals surface area contributed by atoms with Gasteiger partial charge >= 0.3 is 5.97 Å². The van der Waals surface area contributed by atoms with Gasteiger partial charge in [-0.25, -0.2) is 9.18 Å². The van der Waals surface area contributed by atoms with Crippen LogP contribution in [0.2, 0.25) is 5.02 Å². The molecule has 0 radical (unpaired) electrons. The number of carboxylic acids is 1. The summed E-state index contributed by atoms with van der Waals surface area (Å²) in [6, 6.07) is 4.08. The fourth-order valence-corrected chi connectivity index (χ4v) is 1.04.